The van der Waals surface area contributed by atoms with E-state index < -0.39 is 75.4 Å². The van der Waals surface area contributed by atoms with Crippen molar-refractivity contribution < 1.29 is 39.7 Å². The largest absolute Gasteiger partial charge is 0.494 e. The molecule has 2 N–H and O–H groups in total. The zero-order valence-corrected chi connectivity index (χ0v) is 23.4. The van der Waals surface area contributed by atoms with E-state index in [2.05, 4.69) is 0 Å². The van der Waals surface area contributed by atoms with Gasteiger partial charge in [0.15, 0.2) is 11.6 Å². The van der Waals surface area contributed by atoms with Crippen LogP contribution in [0.15, 0.2) is 64.4 Å². The van der Waals surface area contributed by atoms with Gasteiger partial charge in [-0.15, -0.1) is 0 Å². The smallest absolute Gasteiger partial charge is 0.416 e. The van der Waals surface area contributed by atoms with E-state index in [0.29, 0.717) is 12.1 Å². The Labute approximate surface area is 243 Å². The number of fused-ring (bicyclic) bond motifs is 1. The molecule has 226 valence electrons. The number of ether oxygens (including phenoxy) is 1. The van der Waals surface area contributed by atoms with Gasteiger partial charge in [0.25, 0.3) is 5.56 Å². The monoisotopic (exact) mass is 624 g/mol. The minimum Gasteiger partial charge on any atom is -0.494 e. The molecule has 4 aromatic rings. The van der Waals surface area contributed by atoms with E-state index in [1.165, 1.54) is 32.2 Å². The van der Waals surface area contributed by atoms with Crippen LogP contribution in [0, 0.1) is 30.2 Å². The van der Waals surface area contributed by atoms with Crippen LogP contribution in [0.25, 0.3) is 11.1 Å². The molecule has 43 heavy (non-hydrogen) atoms. The highest BCUT2D eigenvalue weighted by molar-refractivity contribution is 7.85. The molecule has 0 spiro atoms. The first kappa shape index (κ1) is 30.5. The zero-order chi connectivity index (χ0) is 31.4. The molecule has 0 fully saturated rings. The van der Waals surface area contributed by atoms with Crippen LogP contribution in [-0.2, 0) is 23.4 Å². The average molecular weight is 625 g/mol. The molecule has 1 aliphatic heterocycles. The summed E-state index contributed by atoms with van der Waals surface area (Å²) in [5, 5.41) is -0.233. The van der Waals surface area contributed by atoms with E-state index in [1.807, 2.05) is 0 Å². The normalized spacial score (nSPS) is 17.2. The van der Waals surface area contributed by atoms with Crippen molar-refractivity contribution in [1.82, 2.24) is 4.57 Å². The fourth-order valence-electron chi connectivity index (χ4n) is 5.51. The molecule has 3 unspecified atom stereocenters. The maximum atomic E-state index is 15.5. The van der Waals surface area contributed by atoms with E-state index in [1.54, 1.807) is 0 Å². The maximum absolute atomic E-state index is 15.5. The van der Waals surface area contributed by atoms with Gasteiger partial charge in [0.2, 0.25) is 0 Å². The molecule has 0 aliphatic carbocycles. The summed E-state index contributed by atoms with van der Waals surface area (Å²) in [6.45, 7) is 1.34. The van der Waals surface area contributed by atoms with Crippen molar-refractivity contribution >= 4 is 10.8 Å². The lowest BCUT2D eigenvalue weighted by Crippen LogP contribution is -2.33. The topological polar surface area (TPSA) is 74.3 Å². The minimum atomic E-state index is -4.95. The van der Waals surface area contributed by atoms with Crippen molar-refractivity contribution in [3.05, 3.63) is 116 Å². The second-order valence-electron chi connectivity index (χ2n) is 10.0. The van der Waals surface area contributed by atoms with Gasteiger partial charge in [0.05, 0.1) is 46.9 Å². The predicted molar refractivity (Wildman–Crippen MR) is 145 cm³/mol. The minimum absolute atomic E-state index is 0.0286. The molecule has 5 rings (SSSR count). The van der Waals surface area contributed by atoms with Gasteiger partial charge in [-0.25, -0.2) is 17.6 Å². The molecular weight excluding hydrogens is 601 g/mol. The predicted octanol–water partition coefficient (Wildman–Crippen LogP) is 6.36. The lowest BCUT2D eigenvalue weighted by molar-refractivity contribution is -0.138. The van der Waals surface area contributed by atoms with Gasteiger partial charge >= 0.3 is 6.18 Å². The number of aromatic nitrogens is 1. The van der Waals surface area contributed by atoms with E-state index in [0.717, 1.165) is 28.8 Å². The molecular formula is C30H23F7N2O3S. The first-order valence-electron chi connectivity index (χ1n) is 12.8. The van der Waals surface area contributed by atoms with Crippen molar-refractivity contribution in [2.24, 2.45) is 5.73 Å². The Bertz CT molecular complexity index is 1820. The summed E-state index contributed by atoms with van der Waals surface area (Å²) < 4.78 is 120. The summed E-state index contributed by atoms with van der Waals surface area (Å²) in [4.78, 5) is 14.1. The third kappa shape index (κ3) is 5.35. The number of hydrogen-bond acceptors (Lipinski definition) is 4. The third-order valence-electron chi connectivity index (χ3n) is 7.52. The number of nitrogens with two attached hydrogens (primary N) is 1. The van der Waals surface area contributed by atoms with Crippen LogP contribution in [0.2, 0.25) is 0 Å². The summed E-state index contributed by atoms with van der Waals surface area (Å²) in [6.07, 6.45) is -5.71. The highest BCUT2D eigenvalue weighted by atomic mass is 32.2. The molecule has 0 radical (unpaired) electrons. The van der Waals surface area contributed by atoms with Gasteiger partial charge in [-0.2, -0.15) is 13.2 Å². The highest BCUT2D eigenvalue weighted by Crippen LogP contribution is 2.41. The Morgan fingerprint density at radius 2 is 1.67 bits per heavy atom. The molecule has 3 atom stereocenters. The fourth-order valence-corrected chi connectivity index (χ4v) is 7.27. The van der Waals surface area contributed by atoms with E-state index >= 15 is 8.78 Å². The summed E-state index contributed by atoms with van der Waals surface area (Å²) in [6, 6.07) is 6.34. The maximum Gasteiger partial charge on any atom is 0.416 e. The van der Waals surface area contributed by atoms with Gasteiger partial charge in [-0.1, -0.05) is 18.2 Å². The molecule has 13 heteroatoms. The van der Waals surface area contributed by atoms with Crippen molar-refractivity contribution in [3.63, 3.8) is 0 Å². The number of rotatable bonds is 6. The Morgan fingerprint density at radius 3 is 2.30 bits per heavy atom. The average Bonchev–Trinajstić information content (AvgIpc) is 3.28. The number of hydrogen-bond donors (Lipinski definition) is 1. The standard InChI is InChI=1S/C30H23F7N2O3S/c1-14-19(12-20-21(30(35,36)37)6-4-7-22(20)33)29-39(28(40)25(14)18-5-3-8-24(42-2)26(18)34)23(13-43(29)41)27(38)15-9-16(31)11-17(32)10-15/h3-11,23,27H,12-13,38H2,1-2H3. The lowest BCUT2D eigenvalue weighted by atomic mass is 9.91. The van der Waals surface area contributed by atoms with Crippen LogP contribution >= 0.6 is 0 Å². The summed E-state index contributed by atoms with van der Waals surface area (Å²) in [7, 11) is -0.878. The Balaban J connectivity index is 1.83. The van der Waals surface area contributed by atoms with Gasteiger partial charge in [0, 0.05) is 23.6 Å². The molecule has 0 saturated carbocycles. The molecule has 0 bridgehead atoms. The molecule has 2 heterocycles. The SMILES string of the molecule is COc1cccc(-c2c(C)c(Cc3c(F)cccc3C(F)(F)F)c3n(c2=O)C(C(N)c2cc(F)cc(F)c2)CS3=O)c1F. The molecule has 0 saturated heterocycles. The van der Waals surface area contributed by atoms with Gasteiger partial charge in [-0.3, -0.25) is 13.6 Å². The number of benzene rings is 3. The number of halogens is 7. The van der Waals surface area contributed by atoms with Gasteiger partial charge in [0.1, 0.15) is 22.5 Å². The van der Waals surface area contributed by atoms with Crippen molar-refractivity contribution in [3.8, 4) is 16.9 Å². The number of pyridine rings is 1. The quantitative estimate of drug-likeness (QED) is 0.254. The van der Waals surface area contributed by atoms with Crippen LogP contribution < -0.4 is 16.0 Å². The van der Waals surface area contributed by atoms with Gasteiger partial charge in [-0.05, 0) is 53.9 Å². The van der Waals surface area contributed by atoms with Crippen LogP contribution in [0.1, 0.15) is 39.9 Å². The van der Waals surface area contributed by atoms with Gasteiger partial charge < -0.3 is 10.5 Å². The van der Waals surface area contributed by atoms with Crippen LogP contribution in [0.5, 0.6) is 5.75 Å². The lowest BCUT2D eigenvalue weighted by Gasteiger charge is -2.25. The number of nitrogens with zero attached hydrogens (tertiary/aromatic N) is 1. The second-order valence-corrected chi connectivity index (χ2v) is 11.4. The van der Waals surface area contributed by atoms with Crippen molar-refractivity contribution in [2.75, 3.05) is 12.9 Å². The van der Waals surface area contributed by atoms with Crippen LogP contribution in [0.4, 0.5) is 30.7 Å². The van der Waals surface area contributed by atoms with Crippen molar-refractivity contribution in [1.29, 1.82) is 0 Å². The first-order valence-corrected chi connectivity index (χ1v) is 14.1. The molecule has 5 nitrogen and oxygen atoms in total. The first-order chi connectivity index (χ1) is 20.2. The third-order valence-corrected chi connectivity index (χ3v) is 9.04. The number of methoxy groups -OCH3 is 1. The van der Waals surface area contributed by atoms with Crippen molar-refractivity contribution in [2.45, 2.75) is 36.6 Å². The Morgan fingerprint density at radius 1 is 1.02 bits per heavy atom. The summed E-state index contributed by atoms with van der Waals surface area (Å²) >= 11 is 0. The number of alkyl halides is 3. The van der Waals surface area contributed by atoms with E-state index in [-0.39, 0.29) is 44.3 Å². The summed E-state index contributed by atoms with van der Waals surface area (Å²) in [5.41, 5.74) is 2.63. The molecule has 3 aromatic carbocycles. The Hall–Kier alpha value is -3.97. The van der Waals surface area contributed by atoms with E-state index in [4.69, 9.17) is 10.5 Å². The van der Waals surface area contributed by atoms with E-state index in [9.17, 15) is 31.0 Å². The fraction of sp³-hybridized carbons (Fsp3) is 0.233. The second kappa shape index (κ2) is 11.3. The summed E-state index contributed by atoms with van der Waals surface area (Å²) in [5.74, 6) is -4.65. The zero-order valence-electron chi connectivity index (χ0n) is 22.6. The molecule has 0 amide bonds. The Kier molecular flexibility index (Phi) is 7.99. The highest BCUT2D eigenvalue weighted by Gasteiger charge is 2.40. The van der Waals surface area contributed by atoms with Crippen LogP contribution in [-0.4, -0.2) is 21.6 Å². The van der Waals surface area contributed by atoms with Crippen LogP contribution in [0.3, 0.4) is 0 Å². The molecule has 1 aliphatic rings. The molecule has 1 aromatic heterocycles.